The third kappa shape index (κ3) is 5.27. The Labute approximate surface area is 190 Å². The van der Waals surface area contributed by atoms with Crippen LogP contribution in [-0.2, 0) is 4.79 Å². The van der Waals surface area contributed by atoms with E-state index in [0.717, 1.165) is 41.4 Å². The highest BCUT2D eigenvalue weighted by Crippen LogP contribution is 2.42. The number of thioether (sulfide) groups is 1. The highest BCUT2D eigenvalue weighted by atomic mass is 32.2. The molecule has 2 aromatic carbocycles. The zero-order valence-electron chi connectivity index (χ0n) is 18.4. The summed E-state index contributed by atoms with van der Waals surface area (Å²) in [5, 5.41) is 3.59. The molecule has 31 heavy (non-hydrogen) atoms. The van der Waals surface area contributed by atoms with Crippen LogP contribution >= 0.6 is 11.8 Å². The summed E-state index contributed by atoms with van der Waals surface area (Å²) in [6.07, 6.45) is 7.73. The van der Waals surface area contributed by atoms with Crippen molar-refractivity contribution in [3.05, 3.63) is 65.1 Å². The molecule has 3 atom stereocenters. The van der Waals surface area contributed by atoms with Gasteiger partial charge in [-0.3, -0.25) is 4.79 Å². The number of anilines is 1. The second-order valence-corrected chi connectivity index (χ2v) is 9.57. The SMILES string of the molecule is CCCOc1ccc(/C=C2\SC(Nc3ccccc3)N([C@@H]3CCCC[C@H]3C)C2=O)cc1. The van der Waals surface area contributed by atoms with Crippen LogP contribution in [0.25, 0.3) is 6.08 Å². The number of rotatable bonds is 7. The molecule has 1 saturated heterocycles. The minimum atomic E-state index is -0.0844. The van der Waals surface area contributed by atoms with Crippen molar-refractivity contribution in [1.29, 1.82) is 0 Å². The van der Waals surface area contributed by atoms with Crippen molar-refractivity contribution in [2.24, 2.45) is 5.92 Å². The number of ether oxygens (including phenoxy) is 1. The maximum Gasteiger partial charge on any atom is 0.262 e. The summed E-state index contributed by atoms with van der Waals surface area (Å²) in [6, 6.07) is 18.5. The summed E-state index contributed by atoms with van der Waals surface area (Å²) in [4.78, 5) is 16.4. The lowest BCUT2D eigenvalue weighted by molar-refractivity contribution is -0.129. The quantitative estimate of drug-likeness (QED) is 0.512. The Hall–Kier alpha value is -2.40. The molecule has 2 fully saturated rings. The Kier molecular flexibility index (Phi) is 7.23. The van der Waals surface area contributed by atoms with Crippen LogP contribution in [0.2, 0.25) is 0 Å². The number of hydrogen-bond donors (Lipinski definition) is 1. The molecule has 1 aliphatic carbocycles. The van der Waals surface area contributed by atoms with Crippen molar-refractivity contribution in [3.63, 3.8) is 0 Å². The predicted octanol–water partition coefficient (Wildman–Crippen LogP) is 6.37. The summed E-state index contributed by atoms with van der Waals surface area (Å²) >= 11 is 1.63. The second kappa shape index (κ2) is 10.3. The van der Waals surface area contributed by atoms with E-state index in [1.54, 1.807) is 11.8 Å². The predicted molar refractivity (Wildman–Crippen MR) is 130 cm³/mol. The smallest absolute Gasteiger partial charge is 0.262 e. The van der Waals surface area contributed by atoms with E-state index >= 15 is 0 Å². The minimum absolute atomic E-state index is 0.0844. The number of benzene rings is 2. The van der Waals surface area contributed by atoms with Gasteiger partial charge in [0.05, 0.1) is 11.5 Å². The van der Waals surface area contributed by atoms with Gasteiger partial charge < -0.3 is 15.0 Å². The summed E-state index contributed by atoms with van der Waals surface area (Å²) in [7, 11) is 0. The average Bonchev–Trinajstić information content (AvgIpc) is 3.09. The van der Waals surface area contributed by atoms with E-state index < -0.39 is 0 Å². The van der Waals surface area contributed by atoms with E-state index in [4.69, 9.17) is 4.74 Å². The monoisotopic (exact) mass is 436 g/mol. The number of para-hydroxylation sites is 1. The molecule has 0 aromatic heterocycles. The van der Waals surface area contributed by atoms with Gasteiger partial charge in [0.1, 0.15) is 5.75 Å². The van der Waals surface area contributed by atoms with Gasteiger partial charge in [-0.2, -0.15) is 0 Å². The van der Waals surface area contributed by atoms with Gasteiger partial charge in [-0.1, -0.05) is 68.8 Å². The van der Waals surface area contributed by atoms with E-state index in [-0.39, 0.29) is 17.4 Å². The summed E-state index contributed by atoms with van der Waals surface area (Å²) < 4.78 is 5.68. The molecule has 0 bridgehead atoms. The topological polar surface area (TPSA) is 41.6 Å². The molecule has 5 heteroatoms. The summed E-state index contributed by atoms with van der Waals surface area (Å²) in [5.74, 6) is 1.53. The van der Waals surface area contributed by atoms with Crippen LogP contribution in [0.3, 0.4) is 0 Å². The largest absolute Gasteiger partial charge is 0.494 e. The highest BCUT2D eigenvalue weighted by molar-refractivity contribution is 8.05. The third-order valence-corrected chi connectivity index (χ3v) is 7.19. The highest BCUT2D eigenvalue weighted by Gasteiger charge is 2.42. The van der Waals surface area contributed by atoms with Crippen LogP contribution in [0.5, 0.6) is 5.75 Å². The number of amides is 1. The Morgan fingerprint density at radius 1 is 1.10 bits per heavy atom. The standard InChI is InChI=1S/C26H32N2O2S/c1-3-17-30-22-15-13-20(14-16-22)18-24-25(29)28(23-12-8-7-9-19(23)2)26(31-24)27-21-10-5-4-6-11-21/h4-6,10-11,13-16,18-19,23,26-27H,3,7-9,12,17H2,1-2H3/b24-18-/t19-,23-,26?/m1/s1. The van der Waals surface area contributed by atoms with Crippen molar-refractivity contribution >= 4 is 29.4 Å². The Bertz CT molecular complexity index is 897. The van der Waals surface area contributed by atoms with Gasteiger partial charge in [0.2, 0.25) is 0 Å². The molecule has 1 N–H and O–H groups in total. The van der Waals surface area contributed by atoms with Crippen molar-refractivity contribution in [2.45, 2.75) is 57.5 Å². The first-order valence-corrected chi connectivity index (χ1v) is 12.3. The maximum absolute atomic E-state index is 13.5. The lowest BCUT2D eigenvalue weighted by Crippen LogP contribution is -2.48. The Balaban J connectivity index is 1.57. The van der Waals surface area contributed by atoms with E-state index in [1.165, 1.54) is 19.3 Å². The molecule has 4 nitrogen and oxygen atoms in total. The summed E-state index contributed by atoms with van der Waals surface area (Å²) in [6.45, 7) is 5.11. The van der Waals surface area contributed by atoms with Crippen LogP contribution in [-0.4, -0.2) is 29.0 Å². The van der Waals surface area contributed by atoms with Crippen LogP contribution < -0.4 is 10.1 Å². The van der Waals surface area contributed by atoms with Crippen LogP contribution in [0, 0.1) is 5.92 Å². The molecule has 2 aliphatic rings. The van der Waals surface area contributed by atoms with Gasteiger partial charge in [-0.25, -0.2) is 0 Å². The number of carbonyl (C=O) groups is 1. The second-order valence-electron chi connectivity index (χ2n) is 8.45. The lowest BCUT2D eigenvalue weighted by atomic mass is 9.85. The lowest BCUT2D eigenvalue weighted by Gasteiger charge is -2.39. The van der Waals surface area contributed by atoms with E-state index in [1.807, 2.05) is 48.5 Å². The average molecular weight is 437 g/mol. The van der Waals surface area contributed by atoms with Gasteiger partial charge in [0.25, 0.3) is 5.91 Å². The number of nitrogens with one attached hydrogen (secondary N) is 1. The molecular weight excluding hydrogens is 404 g/mol. The first-order chi connectivity index (χ1) is 15.2. The number of carbonyl (C=O) groups excluding carboxylic acids is 1. The van der Waals surface area contributed by atoms with E-state index in [0.29, 0.717) is 5.92 Å². The van der Waals surface area contributed by atoms with Crippen molar-refractivity contribution in [3.8, 4) is 5.75 Å². The summed E-state index contributed by atoms with van der Waals surface area (Å²) in [5.41, 5.74) is 1.98. The van der Waals surface area contributed by atoms with Crippen molar-refractivity contribution in [2.75, 3.05) is 11.9 Å². The first-order valence-electron chi connectivity index (χ1n) is 11.4. The number of nitrogens with zero attached hydrogens (tertiary/aromatic N) is 1. The molecule has 1 amide bonds. The fraction of sp³-hybridized carbons (Fsp3) is 0.423. The molecule has 164 valence electrons. The molecule has 2 aromatic rings. The molecular formula is C26H32N2O2S. The first kappa shape index (κ1) is 21.8. The van der Waals surface area contributed by atoms with E-state index in [2.05, 4.69) is 36.2 Å². The van der Waals surface area contributed by atoms with Crippen LogP contribution in [0.1, 0.15) is 51.5 Å². The van der Waals surface area contributed by atoms with Gasteiger partial charge in [0.15, 0.2) is 5.50 Å². The van der Waals surface area contributed by atoms with Gasteiger partial charge >= 0.3 is 0 Å². The fourth-order valence-electron chi connectivity index (χ4n) is 4.40. The minimum Gasteiger partial charge on any atom is -0.494 e. The number of hydrogen-bond acceptors (Lipinski definition) is 4. The van der Waals surface area contributed by atoms with Crippen LogP contribution in [0.15, 0.2) is 59.5 Å². The van der Waals surface area contributed by atoms with Crippen LogP contribution in [0.4, 0.5) is 5.69 Å². The zero-order chi connectivity index (χ0) is 21.6. The van der Waals surface area contributed by atoms with Gasteiger partial charge in [0, 0.05) is 11.7 Å². The normalized spacial score (nSPS) is 25.1. The molecule has 0 radical (unpaired) electrons. The maximum atomic E-state index is 13.5. The van der Waals surface area contributed by atoms with Gasteiger partial charge in [-0.15, -0.1) is 0 Å². The molecule has 1 unspecified atom stereocenters. The van der Waals surface area contributed by atoms with Crippen molar-refractivity contribution < 1.29 is 9.53 Å². The Morgan fingerprint density at radius 3 is 2.55 bits per heavy atom. The van der Waals surface area contributed by atoms with Gasteiger partial charge in [-0.05, 0) is 61.1 Å². The third-order valence-electron chi connectivity index (χ3n) is 6.07. The molecule has 1 heterocycles. The Morgan fingerprint density at radius 2 is 1.84 bits per heavy atom. The molecule has 0 spiro atoms. The molecule has 1 saturated carbocycles. The molecule has 1 aliphatic heterocycles. The fourth-order valence-corrected chi connectivity index (χ4v) is 5.61. The van der Waals surface area contributed by atoms with E-state index in [9.17, 15) is 4.79 Å². The van der Waals surface area contributed by atoms with Crippen molar-refractivity contribution in [1.82, 2.24) is 4.90 Å². The zero-order valence-corrected chi connectivity index (χ0v) is 19.2. The molecule has 4 rings (SSSR count).